The van der Waals surface area contributed by atoms with Gasteiger partial charge in [-0.2, -0.15) is 0 Å². The molecule has 3 nitrogen and oxygen atoms in total. The van der Waals surface area contributed by atoms with E-state index in [1.54, 1.807) is 0 Å². The first kappa shape index (κ1) is 14.4. The second kappa shape index (κ2) is 5.66. The molecule has 1 aromatic rings. The predicted molar refractivity (Wildman–Crippen MR) is 83.0 cm³/mol. The largest absolute Gasteiger partial charge is 0.490 e. The molecule has 1 aromatic carbocycles. The molecular weight excluding hydrogens is 318 g/mol. The van der Waals surface area contributed by atoms with Crippen LogP contribution in [0.2, 0.25) is 0 Å². The maximum atomic E-state index is 6.31. The van der Waals surface area contributed by atoms with Crippen molar-refractivity contribution in [3.63, 3.8) is 0 Å². The van der Waals surface area contributed by atoms with Gasteiger partial charge in [-0.25, -0.2) is 0 Å². The lowest BCUT2D eigenvalue weighted by atomic mass is 9.74. The van der Waals surface area contributed by atoms with E-state index >= 15 is 0 Å². The van der Waals surface area contributed by atoms with Crippen molar-refractivity contribution in [1.29, 1.82) is 0 Å². The van der Waals surface area contributed by atoms with E-state index in [4.69, 9.17) is 15.2 Å². The lowest BCUT2D eigenvalue weighted by Crippen LogP contribution is -2.48. The van der Waals surface area contributed by atoms with Crippen LogP contribution >= 0.6 is 15.9 Å². The summed E-state index contributed by atoms with van der Waals surface area (Å²) in [7, 11) is 0. The number of hydrogen-bond donors (Lipinski definition) is 1. The topological polar surface area (TPSA) is 44.5 Å². The highest BCUT2D eigenvalue weighted by atomic mass is 79.9. The van der Waals surface area contributed by atoms with Gasteiger partial charge in [-0.1, -0.05) is 15.9 Å². The maximum Gasteiger partial charge on any atom is 0.127 e. The number of rotatable bonds is 3. The minimum absolute atomic E-state index is 0.120. The molecule has 3 rings (SSSR count). The third kappa shape index (κ3) is 2.74. The molecule has 0 bridgehead atoms. The van der Waals surface area contributed by atoms with Gasteiger partial charge >= 0.3 is 0 Å². The summed E-state index contributed by atoms with van der Waals surface area (Å²) in [6.07, 6.45) is 5.92. The first-order valence-corrected chi connectivity index (χ1v) is 8.21. The van der Waals surface area contributed by atoms with Gasteiger partial charge in [0.1, 0.15) is 11.9 Å². The second-order valence-electron chi connectivity index (χ2n) is 6.03. The summed E-state index contributed by atoms with van der Waals surface area (Å²) in [5.41, 5.74) is 8.20. The van der Waals surface area contributed by atoms with E-state index in [2.05, 4.69) is 35.0 Å². The average Bonchev–Trinajstić information content (AvgIpc) is 2.40. The van der Waals surface area contributed by atoms with Gasteiger partial charge in [0.2, 0.25) is 0 Å². The minimum Gasteiger partial charge on any atom is -0.490 e. The van der Waals surface area contributed by atoms with Crippen molar-refractivity contribution in [2.45, 2.75) is 57.3 Å². The molecule has 0 amide bonds. The molecule has 1 unspecified atom stereocenters. The van der Waals surface area contributed by atoms with Crippen LogP contribution in [-0.4, -0.2) is 18.3 Å². The van der Waals surface area contributed by atoms with E-state index in [-0.39, 0.29) is 11.7 Å². The monoisotopic (exact) mass is 339 g/mol. The Balaban J connectivity index is 1.77. The first-order valence-electron chi connectivity index (χ1n) is 7.42. The molecule has 0 radical (unpaired) electrons. The molecule has 20 heavy (non-hydrogen) atoms. The van der Waals surface area contributed by atoms with Crippen LogP contribution in [0.15, 0.2) is 16.6 Å². The number of aryl methyl sites for hydroxylation is 1. The van der Waals surface area contributed by atoms with Crippen LogP contribution in [0.5, 0.6) is 5.75 Å². The molecule has 0 aromatic heterocycles. The molecule has 1 saturated carbocycles. The van der Waals surface area contributed by atoms with Crippen LogP contribution in [0.4, 0.5) is 0 Å². The quantitative estimate of drug-likeness (QED) is 0.913. The Morgan fingerprint density at radius 3 is 2.90 bits per heavy atom. The SMILES string of the molecule is Cc1cc(Br)cc(CN)c1OC1CCOC2(CCC2)C1. The van der Waals surface area contributed by atoms with E-state index in [0.717, 1.165) is 40.8 Å². The molecule has 2 N–H and O–H groups in total. The number of hydrogen-bond acceptors (Lipinski definition) is 3. The Labute approximate surface area is 129 Å². The molecule has 1 atom stereocenters. The zero-order valence-corrected chi connectivity index (χ0v) is 13.5. The van der Waals surface area contributed by atoms with Crippen LogP contribution in [0, 0.1) is 6.92 Å². The summed E-state index contributed by atoms with van der Waals surface area (Å²) in [5, 5.41) is 0. The Kier molecular flexibility index (Phi) is 4.07. The summed E-state index contributed by atoms with van der Waals surface area (Å²) >= 11 is 3.52. The summed E-state index contributed by atoms with van der Waals surface area (Å²) in [4.78, 5) is 0. The molecule has 2 fully saturated rings. The van der Waals surface area contributed by atoms with Gasteiger partial charge < -0.3 is 15.2 Å². The van der Waals surface area contributed by atoms with Gasteiger partial charge in [-0.3, -0.25) is 0 Å². The summed E-state index contributed by atoms with van der Waals surface area (Å²) in [5.74, 6) is 0.970. The highest BCUT2D eigenvalue weighted by Gasteiger charge is 2.43. The smallest absolute Gasteiger partial charge is 0.127 e. The molecule has 110 valence electrons. The van der Waals surface area contributed by atoms with Crippen LogP contribution in [0.25, 0.3) is 0 Å². The van der Waals surface area contributed by atoms with Crippen LogP contribution in [-0.2, 0) is 11.3 Å². The fourth-order valence-electron chi connectivity index (χ4n) is 3.29. The van der Waals surface area contributed by atoms with E-state index < -0.39 is 0 Å². The Bertz CT molecular complexity index is 499. The fourth-order valence-corrected chi connectivity index (χ4v) is 3.91. The zero-order valence-electron chi connectivity index (χ0n) is 12.0. The van der Waals surface area contributed by atoms with Gasteiger partial charge in [0, 0.05) is 29.4 Å². The molecule has 1 heterocycles. The van der Waals surface area contributed by atoms with Gasteiger partial charge in [0.15, 0.2) is 0 Å². The van der Waals surface area contributed by atoms with Crippen molar-refractivity contribution in [2.75, 3.05) is 6.61 Å². The highest BCUT2D eigenvalue weighted by molar-refractivity contribution is 9.10. The van der Waals surface area contributed by atoms with Crippen LogP contribution in [0.3, 0.4) is 0 Å². The number of benzene rings is 1. The van der Waals surface area contributed by atoms with E-state index in [9.17, 15) is 0 Å². The van der Waals surface area contributed by atoms with Gasteiger partial charge in [-0.05, 0) is 43.9 Å². The van der Waals surface area contributed by atoms with Crippen molar-refractivity contribution < 1.29 is 9.47 Å². The van der Waals surface area contributed by atoms with Crippen molar-refractivity contribution in [1.82, 2.24) is 0 Å². The van der Waals surface area contributed by atoms with Crippen molar-refractivity contribution in [2.24, 2.45) is 5.73 Å². The molecular formula is C16H22BrNO2. The standard InChI is InChI=1S/C16H22BrNO2/c1-11-7-13(17)8-12(10-18)15(11)20-14-3-6-19-16(9-14)4-2-5-16/h7-8,14H,2-6,9-10,18H2,1H3. The fraction of sp³-hybridized carbons (Fsp3) is 0.625. The molecule has 2 aliphatic rings. The zero-order chi connectivity index (χ0) is 14.2. The lowest BCUT2D eigenvalue weighted by molar-refractivity contribution is -0.153. The Morgan fingerprint density at radius 1 is 1.45 bits per heavy atom. The van der Waals surface area contributed by atoms with Crippen LogP contribution < -0.4 is 10.5 Å². The molecule has 1 saturated heterocycles. The predicted octanol–water partition coefficient (Wildman–Crippen LogP) is 3.70. The van der Waals surface area contributed by atoms with Crippen molar-refractivity contribution >= 4 is 15.9 Å². The van der Waals surface area contributed by atoms with E-state index in [1.807, 2.05) is 0 Å². The third-order valence-electron chi connectivity index (χ3n) is 4.53. The van der Waals surface area contributed by atoms with E-state index in [1.165, 1.54) is 19.3 Å². The number of nitrogens with two attached hydrogens (primary N) is 1. The summed E-state index contributed by atoms with van der Waals surface area (Å²) in [6, 6.07) is 4.15. The number of ether oxygens (including phenoxy) is 2. The summed E-state index contributed by atoms with van der Waals surface area (Å²) in [6.45, 7) is 3.40. The average molecular weight is 340 g/mol. The van der Waals surface area contributed by atoms with Crippen molar-refractivity contribution in [3.8, 4) is 5.75 Å². The Morgan fingerprint density at radius 2 is 2.25 bits per heavy atom. The minimum atomic E-state index is 0.120. The number of halogens is 1. The van der Waals surface area contributed by atoms with Crippen LogP contribution in [0.1, 0.15) is 43.2 Å². The second-order valence-corrected chi connectivity index (χ2v) is 6.95. The third-order valence-corrected chi connectivity index (χ3v) is 4.99. The van der Waals surface area contributed by atoms with Gasteiger partial charge in [-0.15, -0.1) is 0 Å². The van der Waals surface area contributed by atoms with Crippen molar-refractivity contribution in [3.05, 3.63) is 27.7 Å². The highest BCUT2D eigenvalue weighted by Crippen LogP contribution is 2.43. The Hall–Kier alpha value is -0.580. The van der Waals surface area contributed by atoms with Gasteiger partial charge in [0.05, 0.1) is 12.2 Å². The lowest BCUT2D eigenvalue weighted by Gasteiger charge is -2.47. The van der Waals surface area contributed by atoms with E-state index in [0.29, 0.717) is 6.54 Å². The maximum absolute atomic E-state index is 6.31. The molecule has 1 spiro atoms. The first-order chi connectivity index (χ1) is 9.62. The molecule has 1 aliphatic heterocycles. The normalized spacial score (nSPS) is 24.4. The van der Waals surface area contributed by atoms with Gasteiger partial charge in [0.25, 0.3) is 0 Å². The summed E-state index contributed by atoms with van der Waals surface area (Å²) < 4.78 is 13.3. The molecule has 4 heteroatoms. The molecule has 1 aliphatic carbocycles.